The number of benzene rings is 2. The Balaban J connectivity index is 1.51. The van der Waals surface area contributed by atoms with E-state index in [1.54, 1.807) is 0 Å². The summed E-state index contributed by atoms with van der Waals surface area (Å²) in [6, 6.07) is 15.6. The fourth-order valence-corrected chi connectivity index (χ4v) is 4.24. The van der Waals surface area contributed by atoms with Crippen molar-refractivity contribution in [2.24, 2.45) is 0 Å². The van der Waals surface area contributed by atoms with Gasteiger partial charge in [0.2, 0.25) is 5.91 Å². The maximum Gasteiger partial charge on any atom is 0.223 e. The predicted molar refractivity (Wildman–Crippen MR) is 120 cm³/mol. The van der Waals surface area contributed by atoms with Gasteiger partial charge in [0.25, 0.3) is 0 Å². The third kappa shape index (κ3) is 4.31. The molecule has 0 N–H and O–H groups in total. The summed E-state index contributed by atoms with van der Waals surface area (Å²) < 4.78 is 8.13. The van der Waals surface area contributed by atoms with Crippen LogP contribution in [0, 0.1) is 0 Å². The molecule has 0 aliphatic carbocycles. The number of para-hydroxylation sites is 2. The van der Waals surface area contributed by atoms with E-state index in [1.807, 2.05) is 47.4 Å². The van der Waals surface area contributed by atoms with Crippen LogP contribution < -0.4 is 4.74 Å². The number of rotatable bonds is 6. The van der Waals surface area contributed by atoms with Crippen LogP contribution in [0.25, 0.3) is 11.0 Å². The van der Waals surface area contributed by atoms with E-state index >= 15 is 0 Å². The molecular formula is C24H28ClN3O2. The summed E-state index contributed by atoms with van der Waals surface area (Å²) in [5, 5.41) is 0.701. The number of carbonyl (C=O) groups is 1. The van der Waals surface area contributed by atoms with Gasteiger partial charge in [0.15, 0.2) is 0 Å². The van der Waals surface area contributed by atoms with Gasteiger partial charge >= 0.3 is 0 Å². The Morgan fingerprint density at radius 2 is 1.87 bits per heavy atom. The highest BCUT2D eigenvalue weighted by atomic mass is 35.5. The van der Waals surface area contributed by atoms with Crippen molar-refractivity contribution < 1.29 is 9.53 Å². The summed E-state index contributed by atoms with van der Waals surface area (Å²) >= 11 is 5.93. The molecule has 3 aromatic rings. The van der Waals surface area contributed by atoms with Crippen LogP contribution in [0.4, 0.5) is 0 Å². The van der Waals surface area contributed by atoms with E-state index < -0.39 is 0 Å². The molecule has 30 heavy (non-hydrogen) atoms. The quantitative estimate of drug-likeness (QED) is 0.505. The number of halogens is 1. The smallest absolute Gasteiger partial charge is 0.223 e. The fourth-order valence-electron chi connectivity index (χ4n) is 4.11. The molecule has 0 spiro atoms. The molecular weight excluding hydrogens is 398 g/mol. The van der Waals surface area contributed by atoms with Gasteiger partial charge < -0.3 is 14.2 Å². The Morgan fingerprint density at radius 1 is 1.13 bits per heavy atom. The first-order chi connectivity index (χ1) is 14.3. The van der Waals surface area contributed by atoms with Gasteiger partial charge in [0.05, 0.1) is 17.6 Å². The Bertz CT molecular complexity index is 1040. The van der Waals surface area contributed by atoms with Gasteiger partial charge in [-0.15, -0.1) is 0 Å². The van der Waals surface area contributed by atoms with Crippen molar-refractivity contribution in [1.82, 2.24) is 14.5 Å². The molecule has 1 fully saturated rings. The van der Waals surface area contributed by atoms with Crippen LogP contribution in [-0.4, -0.2) is 39.0 Å². The van der Waals surface area contributed by atoms with E-state index in [2.05, 4.69) is 31.4 Å². The Kier molecular flexibility index (Phi) is 5.74. The number of carbonyl (C=O) groups excluding carboxylic acids is 1. The van der Waals surface area contributed by atoms with Crippen molar-refractivity contribution in [3.8, 4) is 5.75 Å². The summed E-state index contributed by atoms with van der Waals surface area (Å²) in [5.74, 6) is 2.14. The first kappa shape index (κ1) is 20.7. The summed E-state index contributed by atoms with van der Waals surface area (Å²) in [5.41, 5.74) is 1.92. The molecule has 0 unspecified atom stereocenters. The van der Waals surface area contributed by atoms with E-state index in [4.69, 9.17) is 21.3 Å². The third-order valence-corrected chi connectivity index (χ3v) is 5.84. The van der Waals surface area contributed by atoms with E-state index in [0.29, 0.717) is 24.6 Å². The number of hydrogen-bond donors (Lipinski definition) is 0. The van der Waals surface area contributed by atoms with Crippen molar-refractivity contribution in [2.75, 3.05) is 13.2 Å². The Hall–Kier alpha value is -2.53. The average Bonchev–Trinajstić information content (AvgIpc) is 3.27. The van der Waals surface area contributed by atoms with Crippen molar-refractivity contribution in [1.29, 1.82) is 0 Å². The van der Waals surface area contributed by atoms with Gasteiger partial charge in [-0.25, -0.2) is 4.98 Å². The van der Waals surface area contributed by atoms with Crippen LogP contribution in [0.3, 0.4) is 0 Å². The zero-order valence-electron chi connectivity index (χ0n) is 17.8. The van der Waals surface area contributed by atoms with Gasteiger partial charge in [-0.1, -0.05) is 23.7 Å². The number of fused-ring (bicyclic) bond motifs is 1. The number of aryl methyl sites for hydroxylation is 1. The molecule has 2 aromatic carbocycles. The monoisotopic (exact) mass is 425 g/mol. The first-order valence-electron chi connectivity index (χ1n) is 10.5. The largest absolute Gasteiger partial charge is 0.494 e. The number of hydrogen-bond acceptors (Lipinski definition) is 3. The second-order valence-corrected chi connectivity index (χ2v) is 9.28. The van der Waals surface area contributed by atoms with Gasteiger partial charge in [-0.05, 0) is 63.6 Å². The minimum absolute atomic E-state index is 0.112. The average molecular weight is 426 g/mol. The van der Waals surface area contributed by atoms with Crippen molar-refractivity contribution in [3.63, 3.8) is 0 Å². The molecule has 1 amide bonds. The minimum atomic E-state index is -0.172. The first-order valence-corrected chi connectivity index (χ1v) is 10.8. The van der Waals surface area contributed by atoms with Crippen LogP contribution in [-0.2, 0) is 11.3 Å². The summed E-state index contributed by atoms with van der Waals surface area (Å²) in [7, 11) is 0. The number of aromatic nitrogens is 2. The summed E-state index contributed by atoms with van der Waals surface area (Å²) in [6.07, 6.45) is 1.36. The number of amides is 1. The molecule has 1 aromatic heterocycles. The molecule has 5 nitrogen and oxygen atoms in total. The molecule has 0 saturated carbocycles. The number of imidazole rings is 1. The number of ether oxygens (including phenoxy) is 1. The highest BCUT2D eigenvalue weighted by molar-refractivity contribution is 6.30. The van der Waals surface area contributed by atoms with Gasteiger partial charge in [-0.3, -0.25) is 4.79 Å². The third-order valence-electron chi connectivity index (χ3n) is 5.59. The van der Waals surface area contributed by atoms with Crippen LogP contribution in [0.1, 0.15) is 45.4 Å². The molecule has 0 radical (unpaired) electrons. The van der Waals surface area contributed by atoms with Crippen LogP contribution in [0.5, 0.6) is 5.75 Å². The topological polar surface area (TPSA) is 47.4 Å². The second-order valence-electron chi connectivity index (χ2n) is 8.84. The second kappa shape index (κ2) is 8.31. The SMILES string of the molecule is CC(C)(C)N1C[C@H](c2nc3ccccc3n2CCCOc2ccc(Cl)cc2)CC1=O. The van der Waals surface area contributed by atoms with Gasteiger partial charge in [0.1, 0.15) is 11.6 Å². The molecule has 1 aliphatic rings. The highest BCUT2D eigenvalue weighted by Gasteiger charge is 2.38. The number of nitrogens with zero attached hydrogens (tertiary/aromatic N) is 3. The van der Waals surface area contributed by atoms with E-state index in [-0.39, 0.29) is 17.4 Å². The Morgan fingerprint density at radius 3 is 2.57 bits per heavy atom. The van der Waals surface area contributed by atoms with E-state index in [0.717, 1.165) is 35.6 Å². The van der Waals surface area contributed by atoms with Crippen LogP contribution >= 0.6 is 11.6 Å². The zero-order chi connectivity index (χ0) is 21.3. The lowest BCUT2D eigenvalue weighted by Crippen LogP contribution is -2.42. The molecule has 2 heterocycles. The van der Waals surface area contributed by atoms with Crippen LogP contribution in [0.15, 0.2) is 48.5 Å². The number of likely N-dealkylation sites (tertiary alicyclic amines) is 1. The normalized spacial score (nSPS) is 17.1. The molecule has 1 atom stereocenters. The molecule has 158 valence electrons. The van der Waals surface area contributed by atoms with Gasteiger partial charge in [0, 0.05) is 36.0 Å². The fraction of sp³-hybridized carbons (Fsp3) is 0.417. The summed E-state index contributed by atoms with van der Waals surface area (Å²) in [4.78, 5) is 19.5. The standard InChI is InChI=1S/C24H28ClN3O2/c1-24(2,3)28-16-17(15-22(28)29)23-26-20-7-4-5-8-21(20)27(23)13-6-14-30-19-11-9-18(25)10-12-19/h4-5,7-12,17H,6,13-16H2,1-3H3/t17-/m1/s1. The van der Waals surface area contributed by atoms with E-state index in [1.165, 1.54) is 0 Å². The molecule has 6 heteroatoms. The molecule has 4 rings (SSSR count). The Labute approximate surface area is 182 Å². The highest BCUT2D eigenvalue weighted by Crippen LogP contribution is 2.34. The molecule has 1 saturated heterocycles. The lowest BCUT2D eigenvalue weighted by Gasteiger charge is -2.32. The predicted octanol–water partition coefficient (Wildman–Crippen LogP) is 5.27. The maximum atomic E-state index is 12.6. The van der Waals surface area contributed by atoms with Gasteiger partial charge in [-0.2, -0.15) is 0 Å². The van der Waals surface area contributed by atoms with Crippen LogP contribution in [0.2, 0.25) is 5.02 Å². The van der Waals surface area contributed by atoms with E-state index in [9.17, 15) is 4.79 Å². The van der Waals surface area contributed by atoms with Crippen molar-refractivity contribution in [3.05, 3.63) is 59.4 Å². The minimum Gasteiger partial charge on any atom is -0.494 e. The maximum absolute atomic E-state index is 12.6. The lowest BCUT2D eigenvalue weighted by atomic mass is 10.1. The molecule has 1 aliphatic heterocycles. The molecule has 0 bridgehead atoms. The summed E-state index contributed by atoms with van der Waals surface area (Å²) in [6.45, 7) is 8.38. The van der Waals surface area contributed by atoms with Crippen molar-refractivity contribution >= 4 is 28.5 Å². The zero-order valence-corrected chi connectivity index (χ0v) is 18.5. The lowest BCUT2D eigenvalue weighted by molar-refractivity contribution is -0.131. The van der Waals surface area contributed by atoms with Crippen molar-refractivity contribution in [2.45, 2.75) is 51.6 Å².